The van der Waals surface area contributed by atoms with Gasteiger partial charge in [-0.1, -0.05) is 13.8 Å². The van der Waals surface area contributed by atoms with Gasteiger partial charge in [-0.2, -0.15) is 10.2 Å². The van der Waals surface area contributed by atoms with Crippen LogP contribution in [-0.2, 0) is 20.5 Å². The van der Waals surface area contributed by atoms with E-state index >= 15 is 0 Å². The number of hydrogen-bond acceptors (Lipinski definition) is 4. The normalized spacial score (nSPS) is 17.9. The van der Waals surface area contributed by atoms with Gasteiger partial charge < -0.3 is 4.90 Å². The van der Waals surface area contributed by atoms with Crippen molar-refractivity contribution in [1.29, 1.82) is 0 Å². The number of rotatable bonds is 4. The average Bonchev–Trinajstić information content (AvgIpc) is 3.32. The summed E-state index contributed by atoms with van der Waals surface area (Å²) in [4.78, 5) is 20.2. The Morgan fingerprint density at radius 2 is 1.79 bits per heavy atom. The molecule has 176 valence electrons. The third-order valence-electron chi connectivity index (χ3n) is 6.69. The molecular weight excluding hydrogens is 438 g/mol. The molecule has 34 heavy (non-hydrogen) atoms. The molecule has 0 saturated carbocycles. The summed E-state index contributed by atoms with van der Waals surface area (Å²) in [5, 5.41) is 9.95. The maximum Gasteiger partial charge on any atom is 0.275 e. The molecule has 5 rings (SSSR count). The minimum atomic E-state index is -0.632. The first-order valence-corrected chi connectivity index (χ1v) is 11.5. The molecule has 1 amide bonds. The van der Waals surface area contributed by atoms with Gasteiger partial charge >= 0.3 is 0 Å². The molecule has 9 heteroatoms. The van der Waals surface area contributed by atoms with Crippen LogP contribution in [0, 0.1) is 11.6 Å². The summed E-state index contributed by atoms with van der Waals surface area (Å²) in [6.45, 7) is 4.06. The van der Waals surface area contributed by atoms with Crippen LogP contribution in [0.1, 0.15) is 54.5 Å². The zero-order valence-electron chi connectivity index (χ0n) is 19.6. The van der Waals surface area contributed by atoms with E-state index in [1.807, 2.05) is 24.8 Å². The number of carbonyl (C=O) groups excluding carboxylic acids is 1. The molecule has 4 heterocycles. The lowest BCUT2D eigenvalue weighted by Gasteiger charge is -2.41. The topological polar surface area (TPSA) is 68.8 Å². The number of nitrogens with zero attached hydrogens (tertiary/aromatic N) is 6. The van der Waals surface area contributed by atoms with Crippen molar-refractivity contribution in [3.8, 4) is 11.3 Å². The second-order valence-corrected chi connectivity index (χ2v) is 8.74. The van der Waals surface area contributed by atoms with E-state index in [4.69, 9.17) is 5.10 Å². The number of hydrogen-bond donors (Lipinski definition) is 0. The van der Waals surface area contributed by atoms with Crippen LogP contribution in [0.3, 0.4) is 0 Å². The molecule has 1 aliphatic heterocycles. The monoisotopic (exact) mass is 464 g/mol. The highest BCUT2D eigenvalue weighted by atomic mass is 19.1. The predicted molar refractivity (Wildman–Crippen MR) is 124 cm³/mol. The number of aromatic nitrogens is 5. The molecule has 0 N–H and O–H groups in total. The quantitative estimate of drug-likeness (QED) is 0.444. The van der Waals surface area contributed by atoms with Gasteiger partial charge in [0.25, 0.3) is 5.91 Å². The molecule has 1 aromatic carbocycles. The van der Waals surface area contributed by atoms with E-state index in [0.29, 0.717) is 40.8 Å². The van der Waals surface area contributed by atoms with Crippen molar-refractivity contribution in [2.45, 2.75) is 45.2 Å². The van der Waals surface area contributed by atoms with Crippen molar-refractivity contribution in [3.05, 3.63) is 65.1 Å². The van der Waals surface area contributed by atoms with Crippen molar-refractivity contribution in [2.24, 2.45) is 14.1 Å². The van der Waals surface area contributed by atoms with Crippen molar-refractivity contribution in [2.75, 3.05) is 0 Å². The van der Waals surface area contributed by atoms with Crippen LogP contribution in [-0.4, -0.2) is 41.4 Å². The number of carbonyl (C=O) groups is 1. The smallest absolute Gasteiger partial charge is 0.275 e. The zero-order valence-corrected chi connectivity index (χ0v) is 19.6. The van der Waals surface area contributed by atoms with E-state index in [-0.39, 0.29) is 18.0 Å². The Labute approximate surface area is 196 Å². The Hall–Kier alpha value is -3.62. The second-order valence-electron chi connectivity index (χ2n) is 8.74. The van der Waals surface area contributed by atoms with Gasteiger partial charge in [0.2, 0.25) is 0 Å². The molecule has 0 fully saturated rings. The summed E-state index contributed by atoms with van der Waals surface area (Å²) >= 11 is 0. The molecule has 7 nitrogen and oxygen atoms in total. The van der Waals surface area contributed by atoms with E-state index in [0.717, 1.165) is 23.7 Å². The first kappa shape index (κ1) is 22.2. The Morgan fingerprint density at radius 3 is 2.47 bits per heavy atom. The molecule has 0 spiro atoms. The van der Waals surface area contributed by atoms with Crippen molar-refractivity contribution in [1.82, 2.24) is 29.4 Å². The Bertz CT molecular complexity index is 1390. The van der Waals surface area contributed by atoms with Gasteiger partial charge in [0.1, 0.15) is 11.6 Å². The van der Waals surface area contributed by atoms with E-state index in [1.165, 1.54) is 12.1 Å². The van der Waals surface area contributed by atoms with Gasteiger partial charge in [-0.25, -0.2) is 18.4 Å². The summed E-state index contributed by atoms with van der Waals surface area (Å²) in [6, 6.07) is 6.78. The van der Waals surface area contributed by atoms with E-state index in [1.54, 1.807) is 35.7 Å². The highest BCUT2D eigenvalue weighted by molar-refractivity contribution is 6.04. The SMILES string of the molecule is CCC1Cc2c(nn(C)c2-c2cc(F)cc(F)c2)C(CC)N1C(=O)c1nn(C)c2ncccc12. The van der Waals surface area contributed by atoms with Crippen LogP contribution >= 0.6 is 0 Å². The number of aryl methyl sites for hydroxylation is 2. The van der Waals surface area contributed by atoms with Gasteiger partial charge in [0, 0.05) is 43.5 Å². The van der Waals surface area contributed by atoms with E-state index < -0.39 is 11.6 Å². The molecule has 0 aliphatic carbocycles. The van der Waals surface area contributed by atoms with Crippen LogP contribution in [0.15, 0.2) is 36.5 Å². The van der Waals surface area contributed by atoms with Crippen LogP contribution in [0.4, 0.5) is 8.78 Å². The first-order valence-electron chi connectivity index (χ1n) is 11.5. The molecule has 1 aliphatic rings. The molecule has 0 bridgehead atoms. The molecule has 2 unspecified atom stereocenters. The number of amides is 1. The fourth-order valence-corrected chi connectivity index (χ4v) is 5.24. The highest BCUT2D eigenvalue weighted by Crippen LogP contribution is 2.41. The summed E-state index contributed by atoms with van der Waals surface area (Å²) in [6.07, 6.45) is 3.58. The lowest BCUT2D eigenvalue weighted by atomic mass is 9.87. The molecular formula is C25H26F2N6O. The molecule has 0 saturated heterocycles. The van der Waals surface area contributed by atoms with E-state index in [9.17, 15) is 13.6 Å². The summed E-state index contributed by atoms with van der Waals surface area (Å²) in [7, 11) is 3.55. The van der Waals surface area contributed by atoms with Gasteiger partial charge in [-0.15, -0.1) is 0 Å². The highest BCUT2D eigenvalue weighted by Gasteiger charge is 2.41. The molecule has 2 atom stereocenters. The Morgan fingerprint density at radius 1 is 1.06 bits per heavy atom. The Balaban J connectivity index is 1.63. The first-order chi connectivity index (χ1) is 16.3. The van der Waals surface area contributed by atoms with Crippen LogP contribution < -0.4 is 0 Å². The third kappa shape index (κ3) is 3.38. The maximum absolute atomic E-state index is 14.0. The van der Waals surface area contributed by atoms with Gasteiger partial charge in [0.05, 0.1) is 22.8 Å². The summed E-state index contributed by atoms with van der Waals surface area (Å²) in [5.74, 6) is -1.42. The lowest BCUT2D eigenvalue weighted by Crippen LogP contribution is -2.47. The van der Waals surface area contributed by atoms with Crippen LogP contribution in [0.2, 0.25) is 0 Å². The van der Waals surface area contributed by atoms with E-state index in [2.05, 4.69) is 10.1 Å². The number of fused-ring (bicyclic) bond motifs is 2. The fourth-order valence-electron chi connectivity index (χ4n) is 5.24. The lowest BCUT2D eigenvalue weighted by molar-refractivity contribution is 0.0508. The minimum absolute atomic E-state index is 0.111. The Kier molecular flexibility index (Phi) is 5.42. The van der Waals surface area contributed by atoms with Gasteiger partial charge in [-0.3, -0.25) is 9.48 Å². The van der Waals surface area contributed by atoms with Crippen molar-refractivity contribution >= 4 is 16.9 Å². The summed E-state index contributed by atoms with van der Waals surface area (Å²) < 4.78 is 31.3. The number of halogens is 2. The number of benzene rings is 1. The van der Waals surface area contributed by atoms with Gasteiger partial charge in [0.15, 0.2) is 11.3 Å². The molecule has 4 aromatic rings. The van der Waals surface area contributed by atoms with Gasteiger partial charge in [-0.05, 0) is 43.5 Å². The van der Waals surface area contributed by atoms with Crippen LogP contribution in [0.25, 0.3) is 22.3 Å². The predicted octanol–water partition coefficient (Wildman–Crippen LogP) is 4.58. The second kappa shape index (κ2) is 8.30. The molecule has 0 radical (unpaired) electrons. The maximum atomic E-state index is 14.0. The van der Waals surface area contributed by atoms with Crippen molar-refractivity contribution in [3.63, 3.8) is 0 Å². The standard InChI is InChI=1S/C25H26F2N6O/c1-5-17-13-19-21(29-31(3)23(19)14-10-15(26)12-16(27)11-14)20(6-2)33(17)25(34)22-18-8-7-9-28-24(18)32(4)30-22/h7-12,17,20H,5-6,13H2,1-4H3. The molecule has 3 aromatic heterocycles. The zero-order chi connectivity index (χ0) is 24.1. The van der Waals surface area contributed by atoms with Crippen molar-refractivity contribution < 1.29 is 13.6 Å². The minimum Gasteiger partial charge on any atom is -0.325 e. The average molecular weight is 465 g/mol. The number of pyridine rings is 1. The third-order valence-corrected chi connectivity index (χ3v) is 6.69. The van der Waals surface area contributed by atoms with Crippen LogP contribution in [0.5, 0.6) is 0 Å². The fraction of sp³-hybridized carbons (Fsp3) is 0.360. The largest absolute Gasteiger partial charge is 0.325 e. The summed E-state index contributed by atoms with van der Waals surface area (Å²) in [5.41, 5.74) is 3.85.